The second-order valence-corrected chi connectivity index (χ2v) is 7.55. The summed E-state index contributed by atoms with van der Waals surface area (Å²) in [5.41, 5.74) is 10.8. The topological polar surface area (TPSA) is 120 Å². The molecule has 4 rings (SSSR count). The van der Waals surface area contributed by atoms with Gasteiger partial charge in [0.2, 0.25) is 5.91 Å². The number of anilines is 1. The summed E-state index contributed by atoms with van der Waals surface area (Å²) in [5.74, 6) is -0.964. The first-order valence-electron chi connectivity index (χ1n) is 9.97. The Kier molecular flexibility index (Phi) is 5.18. The second-order valence-electron chi connectivity index (χ2n) is 7.55. The zero-order valence-corrected chi connectivity index (χ0v) is 17.6. The van der Waals surface area contributed by atoms with Crippen molar-refractivity contribution in [1.29, 1.82) is 0 Å². The fraction of sp³-hybridized carbons (Fsp3) is 0.318. The van der Waals surface area contributed by atoms with Crippen molar-refractivity contribution in [3.63, 3.8) is 0 Å². The molecular weight excluding hydrogens is 398 g/mol. The number of amides is 2. The van der Waals surface area contributed by atoms with E-state index >= 15 is 0 Å². The molecule has 3 aromatic rings. The molecule has 2 amide bonds. The van der Waals surface area contributed by atoms with Crippen LogP contribution in [-0.4, -0.2) is 46.0 Å². The molecule has 0 unspecified atom stereocenters. The number of carbonyl (C=O) groups excluding carboxylic acids is 3. The van der Waals surface area contributed by atoms with E-state index in [2.05, 4.69) is 10.1 Å². The average molecular weight is 421 g/mol. The molecule has 1 aliphatic rings. The smallest absolute Gasteiger partial charge is 0.337 e. The molecule has 0 saturated carbocycles. The molecule has 9 nitrogen and oxygen atoms in total. The van der Waals surface area contributed by atoms with Gasteiger partial charge in [-0.25, -0.2) is 14.3 Å². The number of benzene rings is 1. The number of fused-ring (bicyclic) bond motifs is 2. The SMILES string of the molecule is COC(=O)c1ccc2c(c1)CCN2C(=O)CCc1c(C)nc2c(C(N)=O)cnn2c1C. The van der Waals surface area contributed by atoms with Crippen LogP contribution in [0.25, 0.3) is 5.65 Å². The normalized spacial score (nSPS) is 12.8. The van der Waals surface area contributed by atoms with E-state index in [1.807, 2.05) is 13.8 Å². The maximum atomic E-state index is 13.0. The first-order valence-corrected chi connectivity index (χ1v) is 9.97. The second kappa shape index (κ2) is 7.82. The molecule has 2 N–H and O–H groups in total. The molecule has 0 spiro atoms. The zero-order valence-electron chi connectivity index (χ0n) is 17.6. The summed E-state index contributed by atoms with van der Waals surface area (Å²) in [6.07, 6.45) is 2.91. The molecule has 0 fully saturated rings. The Morgan fingerprint density at radius 3 is 2.71 bits per heavy atom. The lowest BCUT2D eigenvalue weighted by molar-refractivity contribution is -0.118. The van der Waals surface area contributed by atoms with E-state index in [-0.39, 0.29) is 17.4 Å². The molecule has 0 radical (unpaired) electrons. The van der Waals surface area contributed by atoms with E-state index in [4.69, 9.17) is 10.5 Å². The number of nitrogens with two attached hydrogens (primary N) is 1. The van der Waals surface area contributed by atoms with Gasteiger partial charge in [0.05, 0.1) is 18.9 Å². The third kappa shape index (κ3) is 3.52. The highest BCUT2D eigenvalue weighted by Gasteiger charge is 2.26. The Morgan fingerprint density at radius 2 is 2.00 bits per heavy atom. The number of hydrogen-bond donors (Lipinski definition) is 1. The third-order valence-corrected chi connectivity index (χ3v) is 5.76. The van der Waals surface area contributed by atoms with Crippen LogP contribution in [0.3, 0.4) is 0 Å². The van der Waals surface area contributed by atoms with E-state index in [1.54, 1.807) is 27.6 Å². The van der Waals surface area contributed by atoms with Crippen LogP contribution in [0.5, 0.6) is 0 Å². The molecule has 3 heterocycles. The third-order valence-electron chi connectivity index (χ3n) is 5.76. The lowest BCUT2D eigenvalue weighted by Gasteiger charge is -2.18. The summed E-state index contributed by atoms with van der Waals surface area (Å²) >= 11 is 0. The molecule has 31 heavy (non-hydrogen) atoms. The van der Waals surface area contributed by atoms with E-state index in [9.17, 15) is 14.4 Å². The fourth-order valence-corrected chi connectivity index (χ4v) is 4.12. The number of primary amides is 1. The number of esters is 1. The van der Waals surface area contributed by atoms with E-state index < -0.39 is 5.91 Å². The number of aromatic nitrogens is 3. The van der Waals surface area contributed by atoms with Gasteiger partial charge in [-0.05, 0) is 56.0 Å². The molecule has 160 valence electrons. The van der Waals surface area contributed by atoms with Gasteiger partial charge in [0.1, 0.15) is 5.56 Å². The van der Waals surface area contributed by atoms with Crippen molar-refractivity contribution in [2.45, 2.75) is 33.1 Å². The minimum atomic E-state index is -0.577. The van der Waals surface area contributed by atoms with Gasteiger partial charge in [-0.1, -0.05) is 0 Å². The molecule has 0 saturated heterocycles. The van der Waals surface area contributed by atoms with Crippen molar-refractivity contribution in [3.8, 4) is 0 Å². The van der Waals surface area contributed by atoms with Gasteiger partial charge in [-0.2, -0.15) is 5.10 Å². The van der Waals surface area contributed by atoms with Crippen LogP contribution >= 0.6 is 0 Å². The van der Waals surface area contributed by atoms with Crippen LogP contribution < -0.4 is 10.6 Å². The van der Waals surface area contributed by atoms with Crippen molar-refractivity contribution < 1.29 is 19.1 Å². The minimum absolute atomic E-state index is 0.00163. The van der Waals surface area contributed by atoms with Crippen molar-refractivity contribution >= 4 is 29.1 Å². The standard InChI is InChI=1S/C22H23N5O4/c1-12-16(13(2)27-21(25-12)17(11-24-27)20(23)29)5-7-19(28)26-9-8-14-10-15(22(30)31-3)4-6-18(14)26/h4,6,10-11H,5,7-9H2,1-3H3,(H2,23,29). The number of hydrogen-bond acceptors (Lipinski definition) is 6. The van der Waals surface area contributed by atoms with Gasteiger partial charge >= 0.3 is 5.97 Å². The lowest BCUT2D eigenvalue weighted by atomic mass is 10.1. The Balaban J connectivity index is 1.53. The number of carbonyl (C=O) groups is 3. The van der Waals surface area contributed by atoms with Crippen LogP contribution in [0.1, 0.15) is 49.7 Å². The van der Waals surface area contributed by atoms with Crippen molar-refractivity contribution in [1.82, 2.24) is 14.6 Å². The summed E-state index contributed by atoms with van der Waals surface area (Å²) in [5, 5.41) is 4.23. The molecule has 2 aromatic heterocycles. The molecule has 0 atom stereocenters. The number of methoxy groups -OCH3 is 1. The van der Waals surface area contributed by atoms with Crippen molar-refractivity contribution in [2.24, 2.45) is 5.73 Å². The summed E-state index contributed by atoms with van der Waals surface area (Å²) in [6.45, 7) is 4.32. The Morgan fingerprint density at radius 1 is 1.23 bits per heavy atom. The highest BCUT2D eigenvalue weighted by atomic mass is 16.5. The summed E-state index contributed by atoms with van der Waals surface area (Å²) < 4.78 is 6.36. The van der Waals surface area contributed by atoms with Crippen molar-refractivity contribution in [3.05, 3.63) is 58.0 Å². The van der Waals surface area contributed by atoms with Crippen LogP contribution in [0.15, 0.2) is 24.4 Å². The van der Waals surface area contributed by atoms with Gasteiger partial charge < -0.3 is 15.4 Å². The molecule has 9 heteroatoms. The Bertz CT molecular complexity index is 1230. The summed E-state index contributed by atoms with van der Waals surface area (Å²) in [4.78, 5) is 42.5. The van der Waals surface area contributed by atoms with Crippen LogP contribution in [0.2, 0.25) is 0 Å². The predicted octanol–water partition coefficient (Wildman–Crippen LogP) is 1.75. The van der Waals surface area contributed by atoms with Crippen LogP contribution in [0, 0.1) is 13.8 Å². The highest BCUT2D eigenvalue weighted by Crippen LogP contribution is 2.30. The Labute approximate surface area is 178 Å². The van der Waals surface area contributed by atoms with Crippen molar-refractivity contribution in [2.75, 3.05) is 18.6 Å². The number of aryl methyl sites for hydroxylation is 2. The molecule has 0 aliphatic carbocycles. The molecule has 1 aliphatic heterocycles. The monoisotopic (exact) mass is 421 g/mol. The largest absolute Gasteiger partial charge is 0.465 e. The quantitative estimate of drug-likeness (QED) is 0.627. The maximum absolute atomic E-state index is 13.0. The molecule has 0 bridgehead atoms. The van der Waals surface area contributed by atoms with Gasteiger partial charge in [0.15, 0.2) is 5.65 Å². The van der Waals surface area contributed by atoms with E-state index in [1.165, 1.54) is 13.3 Å². The van der Waals surface area contributed by atoms with Crippen LogP contribution in [0.4, 0.5) is 5.69 Å². The van der Waals surface area contributed by atoms with Gasteiger partial charge in [-0.15, -0.1) is 0 Å². The number of rotatable bonds is 5. The number of nitrogens with zero attached hydrogens (tertiary/aromatic N) is 4. The lowest BCUT2D eigenvalue weighted by Crippen LogP contribution is -2.29. The van der Waals surface area contributed by atoms with Gasteiger partial charge in [0.25, 0.3) is 5.91 Å². The first-order chi connectivity index (χ1) is 14.8. The molecule has 1 aromatic carbocycles. The average Bonchev–Trinajstić information content (AvgIpc) is 3.36. The highest BCUT2D eigenvalue weighted by molar-refractivity contribution is 5.99. The number of ether oxygens (including phenoxy) is 1. The van der Waals surface area contributed by atoms with E-state index in [0.717, 1.165) is 28.2 Å². The van der Waals surface area contributed by atoms with Crippen LogP contribution in [-0.2, 0) is 22.4 Å². The zero-order chi connectivity index (χ0) is 22.3. The summed E-state index contributed by atoms with van der Waals surface area (Å²) in [7, 11) is 1.35. The minimum Gasteiger partial charge on any atom is -0.465 e. The van der Waals surface area contributed by atoms with Gasteiger partial charge in [-0.3, -0.25) is 9.59 Å². The Hall–Kier alpha value is -3.75. The maximum Gasteiger partial charge on any atom is 0.337 e. The summed E-state index contributed by atoms with van der Waals surface area (Å²) in [6, 6.07) is 5.26. The first kappa shape index (κ1) is 20.5. The van der Waals surface area contributed by atoms with E-state index in [0.29, 0.717) is 37.0 Å². The van der Waals surface area contributed by atoms with Gasteiger partial charge in [0, 0.05) is 30.0 Å². The fourth-order valence-electron chi connectivity index (χ4n) is 4.12. The predicted molar refractivity (Wildman–Crippen MR) is 113 cm³/mol. The molecular formula is C22H23N5O4.